The van der Waals surface area contributed by atoms with E-state index in [1.54, 1.807) is 7.11 Å². The third-order valence-corrected chi connectivity index (χ3v) is 3.91. The molecule has 0 amide bonds. The second kappa shape index (κ2) is 7.46. The minimum atomic E-state index is 0.224. The Kier molecular flexibility index (Phi) is 4.90. The Morgan fingerprint density at radius 3 is 1.87 bits per heavy atom. The van der Waals surface area contributed by atoms with Gasteiger partial charge in [-0.1, -0.05) is 84.9 Å². The lowest BCUT2D eigenvalue weighted by Gasteiger charge is -2.14. The van der Waals surface area contributed by atoms with Gasteiger partial charge in [-0.05, 0) is 28.8 Å². The lowest BCUT2D eigenvalue weighted by molar-refractivity contribution is 0.414. The number of hydrogen-bond donors (Lipinski definition) is 0. The van der Waals surface area contributed by atoms with Crippen LogP contribution in [0.2, 0.25) is 0 Å². The zero-order valence-corrected chi connectivity index (χ0v) is 13.2. The molecule has 0 N–H and O–H groups in total. The van der Waals surface area contributed by atoms with Crippen LogP contribution in [0.4, 0.5) is 0 Å². The molecule has 0 fully saturated rings. The molecule has 0 saturated heterocycles. The summed E-state index contributed by atoms with van der Waals surface area (Å²) in [5.74, 6) is 1.11. The summed E-state index contributed by atoms with van der Waals surface area (Å²) in [6.07, 6.45) is 4.44. The van der Waals surface area contributed by atoms with Crippen molar-refractivity contribution in [1.29, 1.82) is 0 Å². The minimum absolute atomic E-state index is 0.224. The molecule has 3 aromatic carbocycles. The zero-order chi connectivity index (χ0) is 15.9. The average Bonchev–Trinajstić information content (AvgIpc) is 2.64. The van der Waals surface area contributed by atoms with Crippen molar-refractivity contribution in [2.45, 2.75) is 5.92 Å². The van der Waals surface area contributed by atoms with Gasteiger partial charge in [0.2, 0.25) is 0 Å². The highest BCUT2D eigenvalue weighted by atomic mass is 16.5. The van der Waals surface area contributed by atoms with E-state index in [0.717, 1.165) is 5.75 Å². The van der Waals surface area contributed by atoms with E-state index in [9.17, 15) is 0 Å². The van der Waals surface area contributed by atoms with Gasteiger partial charge in [0.1, 0.15) is 5.75 Å². The number of allylic oxidation sites excluding steroid dienone is 1. The highest BCUT2D eigenvalue weighted by Crippen LogP contribution is 2.28. The fraction of sp³-hybridized carbons (Fsp3) is 0.0909. The zero-order valence-electron chi connectivity index (χ0n) is 13.2. The van der Waals surface area contributed by atoms with E-state index in [0.29, 0.717) is 0 Å². The third kappa shape index (κ3) is 3.89. The molecule has 0 saturated carbocycles. The first kappa shape index (κ1) is 15.1. The first-order valence-corrected chi connectivity index (χ1v) is 7.79. The molecule has 3 aromatic rings. The van der Waals surface area contributed by atoms with Crippen molar-refractivity contribution < 1.29 is 4.74 Å². The van der Waals surface area contributed by atoms with E-state index >= 15 is 0 Å². The Hall–Kier alpha value is -2.80. The topological polar surface area (TPSA) is 9.23 Å². The Morgan fingerprint density at radius 2 is 1.26 bits per heavy atom. The summed E-state index contributed by atoms with van der Waals surface area (Å²) < 4.78 is 5.27. The molecule has 1 nitrogen and oxygen atoms in total. The highest BCUT2D eigenvalue weighted by molar-refractivity contribution is 5.53. The average molecular weight is 300 g/mol. The highest BCUT2D eigenvalue weighted by Gasteiger charge is 2.10. The van der Waals surface area contributed by atoms with E-state index in [4.69, 9.17) is 4.74 Å². The standard InChI is InChI=1S/C22H20O/c1-23-21-15-13-20(14-16-21)22(19-10-6-3-7-11-19)17-12-18-8-4-2-5-9-18/h2-17,22H,1H3/b17-12+/t22-/m0/s1. The second-order valence-electron chi connectivity index (χ2n) is 5.43. The van der Waals surface area contributed by atoms with Gasteiger partial charge in [0, 0.05) is 5.92 Å². The van der Waals surface area contributed by atoms with Crippen LogP contribution in [-0.2, 0) is 0 Å². The van der Waals surface area contributed by atoms with Gasteiger partial charge in [0.25, 0.3) is 0 Å². The molecule has 114 valence electrons. The van der Waals surface area contributed by atoms with Crippen LogP contribution in [-0.4, -0.2) is 7.11 Å². The van der Waals surface area contributed by atoms with E-state index in [-0.39, 0.29) is 5.92 Å². The lowest BCUT2D eigenvalue weighted by atomic mass is 9.90. The third-order valence-electron chi connectivity index (χ3n) is 3.91. The van der Waals surface area contributed by atoms with Gasteiger partial charge in [0.05, 0.1) is 7.11 Å². The summed E-state index contributed by atoms with van der Waals surface area (Å²) in [6.45, 7) is 0. The predicted octanol–water partition coefficient (Wildman–Crippen LogP) is 5.54. The molecule has 1 atom stereocenters. The number of hydrogen-bond acceptors (Lipinski definition) is 1. The van der Waals surface area contributed by atoms with Gasteiger partial charge < -0.3 is 4.74 Å². The summed E-state index contributed by atoms with van der Waals surface area (Å²) in [6, 6.07) is 29.2. The minimum Gasteiger partial charge on any atom is -0.497 e. The van der Waals surface area contributed by atoms with Gasteiger partial charge in [-0.3, -0.25) is 0 Å². The van der Waals surface area contributed by atoms with Gasteiger partial charge >= 0.3 is 0 Å². The molecular formula is C22H20O. The molecule has 0 aromatic heterocycles. The van der Waals surface area contributed by atoms with Crippen LogP contribution in [0.5, 0.6) is 5.75 Å². The second-order valence-corrected chi connectivity index (χ2v) is 5.43. The monoisotopic (exact) mass is 300 g/mol. The molecule has 1 heteroatoms. The SMILES string of the molecule is COc1ccc([C@@H](/C=C/c2ccccc2)c2ccccc2)cc1. The van der Waals surface area contributed by atoms with Crippen LogP contribution < -0.4 is 4.74 Å². The summed E-state index contributed by atoms with van der Waals surface area (Å²) in [4.78, 5) is 0. The van der Waals surface area contributed by atoms with E-state index in [1.807, 2.05) is 18.2 Å². The largest absolute Gasteiger partial charge is 0.497 e. The Balaban J connectivity index is 1.95. The molecule has 0 aliphatic heterocycles. The van der Waals surface area contributed by atoms with Crippen molar-refractivity contribution in [2.24, 2.45) is 0 Å². The normalized spacial score (nSPS) is 12.2. The first-order valence-electron chi connectivity index (χ1n) is 7.79. The maximum Gasteiger partial charge on any atom is 0.118 e. The van der Waals surface area contributed by atoms with E-state index in [1.165, 1.54) is 16.7 Å². The number of ether oxygens (including phenoxy) is 1. The van der Waals surface area contributed by atoms with Crippen LogP contribution in [0.15, 0.2) is 91.0 Å². The van der Waals surface area contributed by atoms with Crippen LogP contribution in [0, 0.1) is 0 Å². The molecule has 0 aliphatic carbocycles. The summed E-state index contributed by atoms with van der Waals surface area (Å²) in [7, 11) is 1.69. The molecule has 0 spiro atoms. The van der Waals surface area contributed by atoms with Gasteiger partial charge in [-0.2, -0.15) is 0 Å². The number of benzene rings is 3. The van der Waals surface area contributed by atoms with Crippen molar-refractivity contribution in [2.75, 3.05) is 7.11 Å². The Bertz CT molecular complexity index is 743. The maximum absolute atomic E-state index is 5.27. The molecule has 3 rings (SSSR count). The molecule has 0 aliphatic rings. The van der Waals surface area contributed by atoms with Crippen LogP contribution in [0.1, 0.15) is 22.6 Å². The molecular weight excluding hydrogens is 280 g/mol. The van der Waals surface area contributed by atoms with Gasteiger partial charge in [0.15, 0.2) is 0 Å². The molecule has 0 heterocycles. The van der Waals surface area contributed by atoms with Gasteiger partial charge in [-0.25, -0.2) is 0 Å². The van der Waals surface area contributed by atoms with Crippen molar-refractivity contribution >= 4 is 6.08 Å². The number of methoxy groups -OCH3 is 1. The van der Waals surface area contributed by atoms with Crippen LogP contribution in [0.25, 0.3) is 6.08 Å². The van der Waals surface area contributed by atoms with Crippen molar-refractivity contribution in [3.8, 4) is 5.75 Å². The number of rotatable bonds is 5. The van der Waals surface area contributed by atoms with Gasteiger partial charge in [-0.15, -0.1) is 0 Å². The predicted molar refractivity (Wildman–Crippen MR) is 96.8 cm³/mol. The van der Waals surface area contributed by atoms with E-state index in [2.05, 4.69) is 78.9 Å². The smallest absolute Gasteiger partial charge is 0.118 e. The fourth-order valence-corrected chi connectivity index (χ4v) is 2.66. The summed E-state index contributed by atoms with van der Waals surface area (Å²) >= 11 is 0. The van der Waals surface area contributed by atoms with Crippen molar-refractivity contribution in [3.63, 3.8) is 0 Å². The van der Waals surface area contributed by atoms with E-state index < -0.39 is 0 Å². The molecule has 0 bridgehead atoms. The molecule has 23 heavy (non-hydrogen) atoms. The van der Waals surface area contributed by atoms with Crippen molar-refractivity contribution in [1.82, 2.24) is 0 Å². The first-order chi connectivity index (χ1) is 11.4. The van der Waals surface area contributed by atoms with Crippen LogP contribution in [0.3, 0.4) is 0 Å². The molecule has 0 unspecified atom stereocenters. The van der Waals surface area contributed by atoms with Crippen molar-refractivity contribution in [3.05, 3.63) is 108 Å². The molecule has 0 radical (unpaired) electrons. The fourth-order valence-electron chi connectivity index (χ4n) is 2.66. The Labute approximate surface area is 137 Å². The summed E-state index contributed by atoms with van der Waals surface area (Å²) in [5, 5.41) is 0. The van der Waals surface area contributed by atoms with Crippen LogP contribution >= 0.6 is 0 Å². The maximum atomic E-state index is 5.27. The Morgan fingerprint density at radius 1 is 0.696 bits per heavy atom. The quantitative estimate of drug-likeness (QED) is 0.601. The lowest BCUT2D eigenvalue weighted by Crippen LogP contribution is -1.97. The summed E-state index contributed by atoms with van der Waals surface area (Å²) in [5.41, 5.74) is 3.75.